The summed E-state index contributed by atoms with van der Waals surface area (Å²) in [4.78, 5) is 0. The molecular weight excluding hydrogens is 244 g/mol. The van der Waals surface area contributed by atoms with Crippen LogP contribution in [0.25, 0.3) is 0 Å². The van der Waals surface area contributed by atoms with Gasteiger partial charge in [0.05, 0.1) is 19.4 Å². The molecule has 17 heavy (non-hydrogen) atoms. The highest BCUT2D eigenvalue weighted by atomic mass is 32.2. The normalized spacial score (nSPS) is 20.3. The standard InChI is InChI=1S/C9H16N4O3S/c1-8(9-6-10-11-7-9)12-17(14,15)13-2-4-16-5-3-13/h6-8,12H,2-5H2,1H3,(H,10,11). The summed E-state index contributed by atoms with van der Waals surface area (Å²) >= 11 is 0. The van der Waals surface area contributed by atoms with Crippen LogP contribution in [0.5, 0.6) is 0 Å². The quantitative estimate of drug-likeness (QED) is 0.773. The van der Waals surface area contributed by atoms with Gasteiger partial charge in [0.15, 0.2) is 0 Å². The largest absolute Gasteiger partial charge is 0.379 e. The van der Waals surface area contributed by atoms with Crippen LogP contribution >= 0.6 is 0 Å². The summed E-state index contributed by atoms with van der Waals surface area (Å²) in [5, 5.41) is 6.45. The topological polar surface area (TPSA) is 87.3 Å². The van der Waals surface area contributed by atoms with Gasteiger partial charge in [-0.1, -0.05) is 0 Å². The summed E-state index contributed by atoms with van der Waals surface area (Å²) < 4.78 is 33.2. The number of hydrogen-bond acceptors (Lipinski definition) is 4. The first-order chi connectivity index (χ1) is 8.09. The van der Waals surface area contributed by atoms with Crippen LogP contribution in [0.1, 0.15) is 18.5 Å². The van der Waals surface area contributed by atoms with Crippen molar-refractivity contribution >= 4 is 10.2 Å². The zero-order valence-corrected chi connectivity index (χ0v) is 10.4. The molecule has 1 fully saturated rings. The number of H-pyrrole nitrogens is 1. The minimum absolute atomic E-state index is 0.304. The fourth-order valence-corrected chi connectivity index (χ4v) is 3.01. The van der Waals surface area contributed by atoms with E-state index in [2.05, 4.69) is 14.9 Å². The van der Waals surface area contributed by atoms with E-state index in [1.807, 2.05) is 0 Å². The van der Waals surface area contributed by atoms with Gasteiger partial charge < -0.3 is 4.74 Å². The second-order valence-corrected chi connectivity index (χ2v) is 5.59. The van der Waals surface area contributed by atoms with Crippen molar-refractivity contribution in [2.75, 3.05) is 26.3 Å². The maximum atomic E-state index is 12.0. The molecule has 1 unspecified atom stereocenters. The van der Waals surface area contributed by atoms with Crippen LogP contribution in [0.3, 0.4) is 0 Å². The van der Waals surface area contributed by atoms with Gasteiger partial charge in [0.1, 0.15) is 0 Å². The lowest BCUT2D eigenvalue weighted by molar-refractivity contribution is 0.0723. The van der Waals surface area contributed by atoms with Crippen molar-refractivity contribution < 1.29 is 13.2 Å². The van der Waals surface area contributed by atoms with Gasteiger partial charge in [-0.3, -0.25) is 5.10 Å². The number of rotatable bonds is 4. The van der Waals surface area contributed by atoms with Crippen molar-refractivity contribution in [3.05, 3.63) is 18.0 Å². The van der Waals surface area contributed by atoms with Crippen LogP contribution in [0, 0.1) is 0 Å². The van der Waals surface area contributed by atoms with Gasteiger partial charge in [0, 0.05) is 30.9 Å². The summed E-state index contributed by atoms with van der Waals surface area (Å²) in [6, 6.07) is -0.304. The average Bonchev–Trinajstić information content (AvgIpc) is 2.83. The Morgan fingerprint density at radius 3 is 2.82 bits per heavy atom. The van der Waals surface area contributed by atoms with E-state index in [0.29, 0.717) is 26.3 Å². The molecule has 0 aliphatic carbocycles. The van der Waals surface area contributed by atoms with Gasteiger partial charge in [0.2, 0.25) is 0 Å². The monoisotopic (exact) mass is 260 g/mol. The number of ether oxygens (including phenoxy) is 1. The lowest BCUT2D eigenvalue weighted by Gasteiger charge is -2.27. The van der Waals surface area contributed by atoms with Gasteiger partial charge in [-0.25, -0.2) is 0 Å². The van der Waals surface area contributed by atoms with E-state index >= 15 is 0 Å². The molecule has 2 N–H and O–H groups in total. The lowest BCUT2D eigenvalue weighted by Crippen LogP contribution is -2.47. The summed E-state index contributed by atoms with van der Waals surface area (Å²) in [6.07, 6.45) is 3.28. The Morgan fingerprint density at radius 2 is 2.24 bits per heavy atom. The van der Waals surface area contributed by atoms with Crippen LogP contribution in [-0.2, 0) is 14.9 Å². The molecule has 2 heterocycles. The fraction of sp³-hybridized carbons (Fsp3) is 0.667. The maximum Gasteiger partial charge on any atom is 0.280 e. The van der Waals surface area contributed by atoms with Crippen molar-refractivity contribution in [3.63, 3.8) is 0 Å². The van der Waals surface area contributed by atoms with Crippen molar-refractivity contribution in [1.82, 2.24) is 19.2 Å². The minimum atomic E-state index is -3.45. The molecule has 0 spiro atoms. The second-order valence-electron chi connectivity index (χ2n) is 3.89. The Bertz CT molecular complexity index is 439. The number of morpholine rings is 1. The summed E-state index contributed by atoms with van der Waals surface area (Å²) in [6.45, 7) is 3.46. The van der Waals surface area contributed by atoms with E-state index in [0.717, 1.165) is 5.56 Å². The number of aromatic amines is 1. The van der Waals surface area contributed by atoms with E-state index in [4.69, 9.17) is 4.74 Å². The highest BCUT2D eigenvalue weighted by molar-refractivity contribution is 7.87. The molecule has 8 heteroatoms. The highest BCUT2D eigenvalue weighted by Crippen LogP contribution is 2.13. The average molecular weight is 260 g/mol. The first-order valence-corrected chi connectivity index (χ1v) is 6.87. The molecule has 1 saturated heterocycles. The summed E-state index contributed by atoms with van der Waals surface area (Å²) in [7, 11) is -3.45. The van der Waals surface area contributed by atoms with E-state index in [9.17, 15) is 8.42 Å². The first-order valence-electron chi connectivity index (χ1n) is 5.43. The van der Waals surface area contributed by atoms with Gasteiger partial charge in [-0.2, -0.15) is 22.5 Å². The fourth-order valence-electron chi connectivity index (χ4n) is 1.65. The van der Waals surface area contributed by atoms with Crippen LogP contribution in [0.2, 0.25) is 0 Å². The Morgan fingerprint density at radius 1 is 1.53 bits per heavy atom. The molecule has 0 amide bonds. The van der Waals surface area contributed by atoms with Crippen LogP contribution < -0.4 is 4.72 Å². The van der Waals surface area contributed by atoms with E-state index in [1.54, 1.807) is 19.3 Å². The SMILES string of the molecule is CC(NS(=O)(=O)N1CCOCC1)c1cn[nH]c1. The van der Waals surface area contributed by atoms with Crippen molar-refractivity contribution in [2.45, 2.75) is 13.0 Å². The number of aromatic nitrogens is 2. The Balaban J connectivity index is 2.01. The molecule has 0 bridgehead atoms. The Kier molecular flexibility index (Phi) is 3.77. The number of hydrogen-bond donors (Lipinski definition) is 2. The molecule has 0 aromatic carbocycles. The van der Waals surface area contributed by atoms with E-state index < -0.39 is 10.2 Å². The highest BCUT2D eigenvalue weighted by Gasteiger charge is 2.26. The first kappa shape index (κ1) is 12.5. The molecule has 1 aromatic heterocycles. The van der Waals surface area contributed by atoms with Crippen LogP contribution in [0.15, 0.2) is 12.4 Å². The van der Waals surface area contributed by atoms with Crippen molar-refractivity contribution in [1.29, 1.82) is 0 Å². The zero-order chi connectivity index (χ0) is 12.3. The molecule has 0 radical (unpaired) electrons. The van der Waals surface area contributed by atoms with Crippen LogP contribution in [-0.4, -0.2) is 49.2 Å². The van der Waals surface area contributed by atoms with Gasteiger partial charge in [-0.15, -0.1) is 0 Å². The van der Waals surface area contributed by atoms with Crippen LogP contribution in [0.4, 0.5) is 0 Å². The molecule has 1 aliphatic rings. The van der Waals surface area contributed by atoms with Gasteiger partial charge in [0.25, 0.3) is 10.2 Å². The van der Waals surface area contributed by atoms with Crippen molar-refractivity contribution in [2.24, 2.45) is 0 Å². The Hall–Kier alpha value is -0.960. The third-order valence-electron chi connectivity index (χ3n) is 2.66. The molecule has 7 nitrogen and oxygen atoms in total. The molecule has 1 aromatic rings. The molecule has 0 saturated carbocycles. The molecule has 96 valence electrons. The summed E-state index contributed by atoms with van der Waals surface area (Å²) in [5.41, 5.74) is 0.807. The van der Waals surface area contributed by atoms with Gasteiger partial charge in [-0.05, 0) is 6.92 Å². The number of nitrogens with one attached hydrogen (secondary N) is 2. The predicted molar refractivity (Wildman–Crippen MR) is 61.5 cm³/mol. The Labute approximate surface area is 100 Å². The van der Waals surface area contributed by atoms with Gasteiger partial charge >= 0.3 is 0 Å². The minimum Gasteiger partial charge on any atom is -0.379 e. The molecule has 1 aliphatic heterocycles. The van der Waals surface area contributed by atoms with Crippen molar-refractivity contribution in [3.8, 4) is 0 Å². The number of nitrogens with zero attached hydrogens (tertiary/aromatic N) is 2. The third-order valence-corrected chi connectivity index (χ3v) is 4.35. The van der Waals surface area contributed by atoms with E-state index in [1.165, 1.54) is 4.31 Å². The lowest BCUT2D eigenvalue weighted by atomic mass is 10.2. The smallest absolute Gasteiger partial charge is 0.280 e. The van der Waals surface area contributed by atoms with E-state index in [-0.39, 0.29) is 6.04 Å². The maximum absolute atomic E-state index is 12.0. The predicted octanol–water partition coefficient (Wildman–Crippen LogP) is -0.363. The zero-order valence-electron chi connectivity index (χ0n) is 9.59. The second kappa shape index (κ2) is 5.13. The third kappa shape index (κ3) is 3.03. The molecule has 1 atom stereocenters. The molecule has 2 rings (SSSR count). The summed E-state index contributed by atoms with van der Waals surface area (Å²) in [5.74, 6) is 0. The molecular formula is C9H16N4O3S.